The summed E-state index contributed by atoms with van der Waals surface area (Å²) in [6.07, 6.45) is 0.561. The minimum absolute atomic E-state index is 0.0288. The third kappa shape index (κ3) is 4.38. The quantitative estimate of drug-likeness (QED) is 0.631. The number of anilines is 3. The number of esters is 1. The molecule has 9 heteroatoms. The molecule has 9 nitrogen and oxygen atoms in total. The molecule has 0 aliphatic heterocycles. The van der Waals surface area contributed by atoms with E-state index in [-0.39, 0.29) is 24.3 Å². The number of carbonyl (C=O) groups is 1. The number of nitrogens with two attached hydrogens (primary N) is 1. The van der Waals surface area contributed by atoms with Crippen LogP contribution in [0, 0.1) is 13.8 Å². The molecule has 3 aromatic rings. The first kappa shape index (κ1) is 18.3. The standard InChI is InChI=1S/C18H20N6O3/c1-4-13-15(11(3)27-24-13)16(25)26-9-14-21-17(19)23-18(22-14)20-12-7-5-10(2)6-8-12/h5-8H,4,9H2,1-3H3,(H3,19,20,21,22,23). The Morgan fingerprint density at radius 2 is 1.93 bits per heavy atom. The molecular formula is C18H20N6O3. The van der Waals surface area contributed by atoms with Crippen LogP contribution in [0.1, 0.15) is 40.1 Å². The normalized spacial score (nSPS) is 10.6. The summed E-state index contributed by atoms with van der Waals surface area (Å²) in [5, 5.41) is 6.89. The third-order valence-corrected chi connectivity index (χ3v) is 3.81. The first-order valence-electron chi connectivity index (χ1n) is 8.42. The highest BCUT2D eigenvalue weighted by atomic mass is 16.5. The van der Waals surface area contributed by atoms with Crippen molar-refractivity contribution >= 4 is 23.6 Å². The molecular weight excluding hydrogens is 348 g/mol. The predicted molar refractivity (Wildman–Crippen MR) is 98.4 cm³/mol. The van der Waals surface area contributed by atoms with Crippen LogP contribution in [-0.4, -0.2) is 26.1 Å². The van der Waals surface area contributed by atoms with Gasteiger partial charge in [-0.2, -0.15) is 15.0 Å². The lowest BCUT2D eigenvalue weighted by Crippen LogP contribution is -2.12. The van der Waals surface area contributed by atoms with Gasteiger partial charge in [0.05, 0.1) is 5.69 Å². The lowest BCUT2D eigenvalue weighted by Gasteiger charge is -2.08. The van der Waals surface area contributed by atoms with Gasteiger partial charge in [-0.05, 0) is 32.4 Å². The summed E-state index contributed by atoms with van der Waals surface area (Å²) in [7, 11) is 0. The van der Waals surface area contributed by atoms with Gasteiger partial charge in [0.25, 0.3) is 0 Å². The molecule has 3 rings (SSSR count). The Kier molecular flexibility index (Phi) is 5.30. The molecule has 0 radical (unpaired) electrons. The Hall–Kier alpha value is -3.49. The molecule has 0 aliphatic carbocycles. The molecule has 0 fully saturated rings. The van der Waals surface area contributed by atoms with Crippen LogP contribution in [0.3, 0.4) is 0 Å². The van der Waals surface area contributed by atoms with E-state index >= 15 is 0 Å². The fraction of sp³-hybridized carbons (Fsp3) is 0.278. The molecule has 0 saturated carbocycles. The summed E-state index contributed by atoms with van der Waals surface area (Å²) in [5.74, 6) is 0.401. The number of hydrogen-bond donors (Lipinski definition) is 2. The fourth-order valence-electron chi connectivity index (χ4n) is 2.45. The number of nitrogen functional groups attached to an aromatic ring is 1. The number of aromatic nitrogens is 4. The van der Waals surface area contributed by atoms with E-state index < -0.39 is 5.97 Å². The van der Waals surface area contributed by atoms with Gasteiger partial charge >= 0.3 is 5.97 Å². The summed E-state index contributed by atoms with van der Waals surface area (Å²) < 4.78 is 10.3. The summed E-state index contributed by atoms with van der Waals surface area (Å²) >= 11 is 0. The Morgan fingerprint density at radius 1 is 1.19 bits per heavy atom. The second-order valence-corrected chi connectivity index (χ2v) is 5.91. The van der Waals surface area contributed by atoms with E-state index in [0.29, 0.717) is 23.4 Å². The molecule has 140 valence electrons. The van der Waals surface area contributed by atoms with Crippen LogP contribution in [0.4, 0.5) is 17.6 Å². The second-order valence-electron chi connectivity index (χ2n) is 5.91. The van der Waals surface area contributed by atoms with E-state index in [1.54, 1.807) is 6.92 Å². The average Bonchev–Trinajstić information content (AvgIpc) is 3.02. The molecule has 0 spiro atoms. The van der Waals surface area contributed by atoms with Crippen molar-refractivity contribution in [2.75, 3.05) is 11.1 Å². The summed E-state index contributed by atoms with van der Waals surface area (Å²) in [4.78, 5) is 24.6. The highest BCUT2D eigenvalue weighted by molar-refractivity contribution is 5.91. The van der Waals surface area contributed by atoms with Crippen LogP contribution >= 0.6 is 0 Å². The van der Waals surface area contributed by atoms with Gasteiger partial charge in [-0.15, -0.1) is 0 Å². The SMILES string of the molecule is CCc1noc(C)c1C(=O)OCc1nc(N)nc(Nc2ccc(C)cc2)n1. The Labute approximate surface area is 156 Å². The van der Waals surface area contributed by atoms with Gasteiger partial charge in [-0.25, -0.2) is 4.79 Å². The van der Waals surface area contributed by atoms with Crippen LogP contribution in [-0.2, 0) is 17.8 Å². The molecule has 0 bridgehead atoms. The summed E-state index contributed by atoms with van der Waals surface area (Å²) in [6, 6.07) is 7.72. The van der Waals surface area contributed by atoms with Crippen molar-refractivity contribution in [1.29, 1.82) is 0 Å². The number of aryl methyl sites for hydroxylation is 3. The fourth-order valence-corrected chi connectivity index (χ4v) is 2.45. The predicted octanol–water partition coefficient (Wildman–Crippen LogP) is 2.72. The van der Waals surface area contributed by atoms with Crippen LogP contribution in [0.15, 0.2) is 28.8 Å². The molecule has 2 aromatic heterocycles. The van der Waals surface area contributed by atoms with Crippen molar-refractivity contribution in [1.82, 2.24) is 20.1 Å². The molecule has 2 heterocycles. The Balaban J connectivity index is 1.71. The maximum absolute atomic E-state index is 12.3. The van der Waals surface area contributed by atoms with Gasteiger partial charge in [0.1, 0.15) is 11.3 Å². The second kappa shape index (κ2) is 7.81. The third-order valence-electron chi connectivity index (χ3n) is 3.81. The van der Waals surface area contributed by atoms with Crippen LogP contribution < -0.4 is 11.1 Å². The molecule has 1 aromatic carbocycles. The van der Waals surface area contributed by atoms with Crippen LogP contribution in [0.2, 0.25) is 0 Å². The lowest BCUT2D eigenvalue weighted by molar-refractivity contribution is 0.0459. The highest BCUT2D eigenvalue weighted by Crippen LogP contribution is 2.17. The van der Waals surface area contributed by atoms with Gasteiger partial charge in [0.2, 0.25) is 11.9 Å². The van der Waals surface area contributed by atoms with E-state index in [2.05, 4.69) is 25.4 Å². The maximum atomic E-state index is 12.3. The number of ether oxygens (including phenoxy) is 1. The number of nitrogens with one attached hydrogen (secondary N) is 1. The molecule has 0 unspecified atom stereocenters. The lowest BCUT2D eigenvalue weighted by atomic mass is 10.1. The zero-order chi connectivity index (χ0) is 19.4. The van der Waals surface area contributed by atoms with Crippen molar-refractivity contribution in [3.63, 3.8) is 0 Å². The van der Waals surface area contributed by atoms with E-state index in [4.69, 9.17) is 15.0 Å². The van der Waals surface area contributed by atoms with E-state index in [9.17, 15) is 4.79 Å². The van der Waals surface area contributed by atoms with Crippen molar-refractivity contribution in [3.8, 4) is 0 Å². The van der Waals surface area contributed by atoms with Crippen LogP contribution in [0.5, 0.6) is 0 Å². The topological polar surface area (TPSA) is 129 Å². The van der Waals surface area contributed by atoms with E-state index in [0.717, 1.165) is 11.3 Å². The summed E-state index contributed by atoms with van der Waals surface area (Å²) in [5.41, 5.74) is 8.57. The number of carbonyl (C=O) groups excluding carboxylic acids is 1. The zero-order valence-electron chi connectivity index (χ0n) is 15.3. The smallest absolute Gasteiger partial charge is 0.344 e. The molecule has 27 heavy (non-hydrogen) atoms. The summed E-state index contributed by atoms with van der Waals surface area (Å²) in [6.45, 7) is 5.39. The first-order chi connectivity index (χ1) is 13.0. The molecule has 0 amide bonds. The number of nitrogens with zero attached hydrogens (tertiary/aromatic N) is 4. The van der Waals surface area contributed by atoms with Crippen molar-refractivity contribution < 1.29 is 14.1 Å². The van der Waals surface area contributed by atoms with Crippen molar-refractivity contribution in [2.24, 2.45) is 0 Å². The minimum Gasteiger partial charge on any atom is -0.454 e. The molecule has 0 atom stereocenters. The highest BCUT2D eigenvalue weighted by Gasteiger charge is 2.21. The zero-order valence-corrected chi connectivity index (χ0v) is 15.3. The minimum atomic E-state index is -0.544. The molecule has 3 N–H and O–H groups in total. The average molecular weight is 368 g/mol. The van der Waals surface area contributed by atoms with Crippen molar-refractivity contribution in [2.45, 2.75) is 33.8 Å². The Morgan fingerprint density at radius 3 is 2.63 bits per heavy atom. The Bertz CT molecular complexity index is 952. The van der Waals surface area contributed by atoms with Gasteiger partial charge < -0.3 is 20.3 Å². The van der Waals surface area contributed by atoms with Crippen LogP contribution in [0.25, 0.3) is 0 Å². The van der Waals surface area contributed by atoms with Crippen molar-refractivity contribution in [3.05, 3.63) is 52.7 Å². The van der Waals surface area contributed by atoms with Gasteiger partial charge in [0, 0.05) is 5.69 Å². The number of benzene rings is 1. The monoisotopic (exact) mass is 368 g/mol. The number of rotatable bonds is 6. The number of hydrogen-bond acceptors (Lipinski definition) is 9. The first-order valence-corrected chi connectivity index (χ1v) is 8.42. The van der Waals surface area contributed by atoms with E-state index in [1.807, 2.05) is 38.1 Å². The van der Waals surface area contributed by atoms with Gasteiger partial charge in [-0.3, -0.25) is 0 Å². The van der Waals surface area contributed by atoms with E-state index in [1.165, 1.54) is 0 Å². The van der Waals surface area contributed by atoms with Gasteiger partial charge in [-0.1, -0.05) is 29.8 Å². The molecule has 0 aliphatic rings. The maximum Gasteiger partial charge on any atom is 0.344 e. The van der Waals surface area contributed by atoms with Gasteiger partial charge in [0.15, 0.2) is 12.4 Å². The molecule has 0 saturated heterocycles. The largest absolute Gasteiger partial charge is 0.454 e.